The minimum atomic E-state index is -0.0741. The highest BCUT2D eigenvalue weighted by molar-refractivity contribution is 9.10. The SMILES string of the molecule is O=C(c1ccc(Br)o1)N1CCC(C2OCCO2)CC1. The molecule has 2 saturated heterocycles. The molecule has 0 saturated carbocycles. The van der Waals surface area contributed by atoms with Crippen LogP contribution in [0.1, 0.15) is 23.4 Å². The van der Waals surface area contributed by atoms with E-state index < -0.39 is 0 Å². The van der Waals surface area contributed by atoms with Gasteiger partial charge in [-0.25, -0.2) is 0 Å². The summed E-state index contributed by atoms with van der Waals surface area (Å²) in [5, 5.41) is 0. The maximum Gasteiger partial charge on any atom is 0.289 e. The zero-order valence-corrected chi connectivity index (χ0v) is 12.1. The van der Waals surface area contributed by atoms with Crippen molar-refractivity contribution in [3.05, 3.63) is 22.6 Å². The molecule has 0 aromatic carbocycles. The third-order valence-electron chi connectivity index (χ3n) is 3.64. The largest absolute Gasteiger partial charge is 0.444 e. The number of halogens is 1. The number of hydrogen-bond donors (Lipinski definition) is 0. The number of ether oxygens (including phenoxy) is 2. The van der Waals surface area contributed by atoms with Gasteiger partial charge in [0.15, 0.2) is 16.7 Å². The predicted octanol–water partition coefficient (Wildman–Crippen LogP) is 2.27. The fraction of sp³-hybridized carbons (Fsp3) is 0.615. The molecule has 3 heterocycles. The van der Waals surface area contributed by atoms with Gasteiger partial charge in [0.25, 0.3) is 5.91 Å². The van der Waals surface area contributed by atoms with Crippen LogP contribution in [-0.2, 0) is 9.47 Å². The summed E-state index contributed by atoms with van der Waals surface area (Å²) in [5.41, 5.74) is 0. The summed E-state index contributed by atoms with van der Waals surface area (Å²) in [4.78, 5) is 14.0. The molecule has 2 aliphatic heterocycles. The summed E-state index contributed by atoms with van der Waals surface area (Å²) in [6, 6.07) is 3.43. The van der Waals surface area contributed by atoms with Gasteiger partial charge in [0.1, 0.15) is 0 Å². The Morgan fingerprint density at radius 3 is 2.47 bits per heavy atom. The van der Waals surface area contributed by atoms with E-state index in [0.29, 0.717) is 29.6 Å². The number of furan rings is 1. The van der Waals surface area contributed by atoms with Crippen LogP contribution in [-0.4, -0.2) is 43.4 Å². The van der Waals surface area contributed by atoms with Crippen molar-refractivity contribution in [2.24, 2.45) is 5.92 Å². The van der Waals surface area contributed by atoms with Crippen LogP contribution in [0.5, 0.6) is 0 Å². The molecule has 0 bridgehead atoms. The molecule has 1 aromatic heterocycles. The van der Waals surface area contributed by atoms with Crippen molar-refractivity contribution in [2.75, 3.05) is 26.3 Å². The number of amides is 1. The van der Waals surface area contributed by atoms with Gasteiger partial charge in [-0.3, -0.25) is 4.79 Å². The topological polar surface area (TPSA) is 51.9 Å². The minimum Gasteiger partial charge on any atom is -0.444 e. The molecule has 0 aliphatic carbocycles. The molecule has 1 amide bonds. The Labute approximate surface area is 120 Å². The summed E-state index contributed by atoms with van der Waals surface area (Å²) in [5.74, 6) is 0.742. The van der Waals surface area contributed by atoms with Crippen molar-refractivity contribution in [2.45, 2.75) is 19.1 Å². The molecule has 104 valence electrons. The summed E-state index contributed by atoms with van der Waals surface area (Å²) in [6.45, 7) is 2.82. The molecule has 0 spiro atoms. The molecule has 6 heteroatoms. The Morgan fingerprint density at radius 2 is 1.89 bits per heavy atom. The number of hydrogen-bond acceptors (Lipinski definition) is 4. The van der Waals surface area contributed by atoms with Crippen LogP contribution in [0.4, 0.5) is 0 Å². The highest BCUT2D eigenvalue weighted by Crippen LogP contribution is 2.27. The van der Waals surface area contributed by atoms with E-state index in [-0.39, 0.29) is 12.2 Å². The van der Waals surface area contributed by atoms with Crippen LogP contribution in [0.2, 0.25) is 0 Å². The summed E-state index contributed by atoms with van der Waals surface area (Å²) >= 11 is 3.21. The number of piperidine rings is 1. The third kappa shape index (κ3) is 2.85. The summed E-state index contributed by atoms with van der Waals surface area (Å²) < 4.78 is 16.9. The maximum atomic E-state index is 12.2. The van der Waals surface area contributed by atoms with Crippen LogP contribution >= 0.6 is 15.9 Å². The molecular formula is C13H16BrNO4. The third-order valence-corrected chi connectivity index (χ3v) is 4.07. The predicted molar refractivity (Wildman–Crippen MR) is 70.7 cm³/mol. The standard InChI is InChI=1S/C13H16BrNO4/c14-11-2-1-10(19-11)12(16)15-5-3-9(4-6-15)13-17-7-8-18-13/h1-2,9,13H,3-8H2. The maximum absolute atomic E-state index is 12.2. The lowest BCUT2D eigenvalue weighted by molar-refractivity contribution is -0.0956. The summed E-state index contributed by atoms with van der Waals surface area (Å²) in [7, 11) is 0. The highest BCUT2D eigenvalue weighted by Gasteiger charge is 2.32. The first-order chi connectivity index (χ1) is 9.24. The summed E-state index contributed by atoms with van der Waals surface area (Å²) in [6.07, 6.45) is 1.76. The van der Waals surface area contributed by atoms with Crippen LogP contribution in [0.25, 0.3) is 0 Å². The molecule has 1 aromatic rings. The normalized spacial score (nSPS) is 22.1. The Kier molecular flexibility index (Phi) is 3.91. The van der Waals surface area contributed by atoms with E-state index in [4.69, 9.17) is 13.9 Å². The molecule has 2 aliphatic rings. The zero-order valence-electron chi connectivity index (χ0n) is 10.5. The monoisotopic (exact) mass is 329 g/mol. The van der Waals surface area contributed by atoms with Crippen molar-refractivity contribution < 1.29 is 18.7 Å². The number of nitrogens with zero attached hydrogens (tertiary/aromatic N) is 1. The Hall–Kier alpha value is -0.850. The molecule has 0 radical (unpaired) electrons. The smallest absolute Gasteiger partial charge is 0.289 e. The first kappa shape index (κ1) is 13.1. The molecule has 3 rings (SSSR count). The van der Waals surface area contributed by atoms with E-state index in [1.165, 1.54) is 0 Å². The van der Waals surface area contributed by atoms with Crippen molar-refractivity contribution in [3.8, 4) is 0 Å². The van der Waals surface area contributed by atoms with Crippen LogP contribution < -0.4 is 0 Å². The molecule has 0 unspecified atom stereocenters. The first-order valence-corrected chi connectivity index (χ1v) is 7.31. The quantitative estimate of drug-likeness (QED) is 0.835. The lowest BCUT2D eigenvalue weighted by atomic mass is 9.96. The van der Waals surface area contributed by atoms with E-state index in [1.807, 2.05) is 4.90 Å². The minimum absolute atomic E-state index is 0.0441. The second kappa shape index (κ2) is 5.64. The average Bonchev–Trinajstić information content (AvgIpc) is 3.09. The van der Waals surface area contributed by atoms with E-state index in [2.05, 4.69) is 15.9 Å². The van der Waals surface area contributed by atoms with Crippen LogP contribution in [0.15, 0.2) is 21.2 Å². The fourth-order valence-electron chi connectivity index (χ4n) is 2.61. The van der Waals surface area contributed by atoms with Gasteiger partial charge in [-0.2, -0.15) is 0 Å². The van der Waals surface area contributed by atoms with Gasteiger partial charge < -0.3 is 18.8 Å². The van der Waals surface area contributed by atoms with Gasteiger partial charge in [-0.1, -0.05) is 0 Å². The van der Waals surface area contributed by atoms with Gasteiger partial charge in [-0.15, -0.1) is 0 Å². The van der Waals surface area contributed by atoms with Gasteiger partial charge >= 0.3 is 0 Å². The second-order valence-electron chi connectivity index (χ2n) is 4.84. The van der Waals surface area contributed by atoms with Crippen molar-refractivity contribution in [1.29, 1.82) is 0 Å². The lowest BCUT2D eigenvalue weighted by Gasteiger charge is -2.33. The highest BCUT2D eigenvalue weighted by atomic mass is 79.9. The number of carbonyl (C=O) groups is 1. The van der Waals surface area contributed by atoms with Crippen molar-refractivity contribution in [3.63, 3.8) is 0 Å². The molecular weight excluding hydrogens is 314 g/mol. The van der Waals surface area contributed by atoms with Crippen molar-refractivity contribution >= 4 is 21.8 Å². The van der Waals surface area contributed by atoms with Crippen LogP contribution in [0.3, 0.4) is 0 Å². The van der Waals surface area contributed by atoms with Gasteiger partial charge in [0.05, 0.1) is 13.2 Å². The van der Waals surface area contributed by atoms with E-state index in [9.17, 15) is 4.79 Å². The van der Waals surface area contributed by atoms with Gasteiger partial charge in [0, 0.05) is 19.0 Å². The fourth-order valence-corrected chi connectivity index (χ4v) is 2.92. The van der Waals surface area contributed by atoms with Crippen molar-refractivity contribution in [1.82, 2.24) is 4.90 Å². The Morgan fingerprint density at radius 1 is 1.21 bits per heavy atom. The van der Waals surface area contributed by atoms with Gasteiger partial charge in [-0.05, 0) is 40.9 Å². The Balaban J connectivity index is 1.56. The number of carbonyl (C=O) groups excluding carboxylic acids is 1. The molecule has 19 heavy (non-hydrogen) atoms. The number of likely N-dealkylation sites (tertiary alicyclic amines) is 1. The second-order valence-corrected chi connectivity index (χ2v) is 5.62. The van der Waals surface area contributed by atoms with E-state index in [1.54, 1.807) is 12.1 Å². The molecule has 5 nitrogen and oxygen atoms in total. The zero-order chi connectivity index (χ0) is 13.2. The molecule has 0 N–H and O–H groups in total. The number of rotatable bonds is 2. The Bertz CT molecular complexity index is 447. The molecule has 2 fully saturated rings. The van der Waals surface area contributed by atoms with E-state index in [0.717, 1.165) is 25.9 Å². The van der Waals surface area contributed by atoms with E-state index >= 15 is 0 Å². The van der Waals surface area contributed by atoms with Gasteiger partial charge in [0.2, 0.25) is 0 Å². The first-order valence-electron chi connectivity index (χ1n) is 6.52. The average molecular weight is 330 g/mol. The molecule has 0 atom stereocenters. The lowest BCUT2D eigenvalue weighted by Crippen LogP contribution is -2.41. The van der Waals surface area contributed by atoms with Crippen LogP contribution in [0, 0.1) is 5.92 Å².